The normalized spacial score (nSPS) is 48.6. The van der Waals surface area contributed by atoms with Crippen LogP contribution in [0.25, 0.3) is 0 Å². The maximum atomic E-state index is 12.9. The average molecular weight is 1150 g/mol. The van der Waals surface area contributed by atoms with Crippen LogP contribution in [0, 0.1) is 23.7 Å². The number of allylic oxidation sites excluding steroid dienone is 2. The van der Waals surface area contributed by atoms with E-state index in [0.29, 0.717) is 44.9 Å². The molecular formula is C53H84O27. The number of carbonyl (C=O) groups is 2. The van der Waals surface area contributed by atoms with Crippen LogP contribution >= 0.6 is 0 Å². The Kier molecular flexibility index (Phi) is 22.7. The predicted octanol–water partition coefficient (Wildman–Crippen LogP) is -4.80. The highest BCUT2D eigenvalue weighted by atomic mass is 16.8. The molecule has 4 saturated carbocycles. The topological polar surface area (TPSA) is 419 Å². The summed E-state index contributed by atoms with van der Waals surface area (Å²) >= 11 is 0. The number of carbonyl (C=O) groups excluding carboxylic acids is 2. The first-order valence-corrected chi connectivity index (χ1v) is 28.0. The minimum atomic E-state index is -2.01. The van der Waals surface area contributed by atoms with Crippen molar-refractivity contribution in [1.82, 2.24) is 0 Å². The maximum Gasteiger partial charge on any atom is 0.330 e. The Balaban J connectivity index is 0.981. The van der Waals surface area contributed by atoms with E-state index in [9.17, 15) is 81.1 Å². The zero-order valence-electron chi connectivity index (χ0n) is 44.8. The SMILES string of the molecule is COC1CC(C=CC(=O)OC[C@H]2O[C@@H](O[C@H]3[C@H](OC4CC5C(CC(O)CC5O[C@@H]5O[C@H](COC(=O)C=CC6CCC(O)C(O)C6)[C@@H](O)[C@H](O)[C@H]5O)OC4C4CCC(O)C(OC)C4)O[C@H](CO)[C@@H](O)[C@@H]3O)[C@H](O)[C@@H](O)[C@@H]2O)CCC1O. The molecule has 0 bridgehead atoms. The van der Waals surface area contributed by atoms with Gasteiger partial charge in [0.05, 0.1) is 73.8 Å². The average Bonchev–Trinajstić information content (AvgIpc) is 3.50. The van der Waals surface area contributed by atoms with Gasteiger partial charge in [-0.2, -0.15) is 0 Å². The molecule has 80 heavy (non-hydrogen) atoms. The van der Waals surface area contributed by atoms with Crippen LogP contribution in [0.5, 0.6) is 0 Å². The molecule has 4 aliphatic heterocycles. The Morgan fingerprint density at radius 2 is 0.975 bits per heavy atom. The molecule has 15 unspecified atom stereocenters. The van der Waals surface area contributed by atoms with Crippen molar-refractivity contribution in [3.8, 4) is 0 Å². The van der Waals surface area contributed by atoms with Crippen LogP contribution in [0.3, 0.4) is 0 Å². The Bertz CT molecular complexity index is 2020. The third kappa shape index (κ3) is 15.1. The van der Waals surface area contributed by atoms with Crippen molar-refractivity contribution in [2.24, 2.45) is 23.7 Å². The highest BCUT2D eigenvalue weighted by molar-refractivity contribution is 5.82. The molecule has 4 saturated heterocycles. The Hall–Kier alpha value is -2.50. The molecule has 30 atom stereocenters. The van der Waals surface area contributed by atoms with Gasteiger partial charge in [0.1, 0.15) is 86.5 Å². The molecule has 0 radical (unpaired) electrons. The van der Waals surface area contributed by atoms with Gasteiger partial charge in [0.25, 0.3) is 0 Å². The molecule has 0 spiro atoms. The van der Waals surface area contributed by atoms with Gasteiger partial charge in [-0.1, -0.05) is 12.2 Å². The number of aliphatic hydroxyl groups excluding tert-OH is 14. The van der Waals surface area contributed by atoms with Crippen LogP contribution in [0.2, 0.25) is 0 Å². The van der Waals surface area contributed by atoms with Crippen LogP contribution in [0.1, 0.15) is 77.0 Å². The van der Waals surface area contributed by atoms with E-state index in [0.717, 1.165) is 6.08 Å². The Morgan fingerprint density at radius 3 is 1.55 bits per heavy atom. The van der Waals surface area contributed by atoms with Crippen LogP contribution in [-0.2, 0) is 61.7 Å². The zero-order valence-corrected chi connectivity index (χ0v) is 44.8. The number of methoxy groups -OCH3 is 2. The molecule has 27 heteroatoms. The second-order valence-electron chi connectivity index (χ2n) is 22.9. The molecule has 458 valence electrons. The zero-order chi connectivity index (χ0) is 57.7. The number of ether oxygens (including phenoxy) is 11. The molecule has 8 fully saturated rings. The minimum Gasteiger partial charge on any atom is -0.460 e. The molecule has 0 amide bonds. The monoisotopic (exact) mass is 1150 g/mol. The van der Waals surface area contributed by atoms with E-state index in [1.807, 2.05) is 0 Å². The van der Waals surface area contributed by atoms with Gasteiger partial charge in [-0.05, 0) is 88.4 Å². The van der Waals surface area contributed by atoms with Crippen molar-refractivity contribution < 1.29 is 133 Å². The second-order valence-corrected chi connectivity index (χ2v) is 22.9. The molecule has 4 aliphatic carbocycles. The number of hydrogen-bond donors (Lipinski definition) is 14. The number of hydrogen-bond acceptors (Lipinski definition) is 27. The van der Waals surface area contributed by atoms with Gasteiger partial charge in [-0.25, -0.2) is 9.59 Å². The molecule has 4 heterocycles. The summed E-state index contributed by atoms with van der Waals surface area (Å²) < 4.78 is 65.6. The van der Waals surface area contributed by atoms with Crippen LogP contribution in [0.4, 0.5) is 0 Å². The third-order valence-corrected chi connectivity index (χ3v) is 17.5. The Labute approximate surface area is 462 Å². The summed E-state index contributed by atoms with van der Waals surface area (Å²) in [5, 5.41) is 152. The molecule has 14 N–H and O–H groups in total. The lowest BCUT2D eigenvalue weighted by Gasteiger charge is -2.53. The minimum absolute atomic E-state index is 0.0157. The molecule has 0 aromatic carbocycles. The van der Waals surface area contributed by atoms with E-state index < -0.39 is 203 Å². The summed E-state index contributed by atoms with van der Waals surface area (Å²) in [5.74, 6) is -3.06. The van der Waals surface area contributed by atoms with Crippen molar-refractivity contribution in [2.45, 2.75) is 236 Å². The number of esters is 2. The van der Waals surface area contributed by atoms with Gasteiger partial charge in [-0.15, -0.1) is 0 Å². The van der Waals surface area contributed by atoms with E-state index in [1.165, 1.54) is 20.3 Å². The van der Waals surface area contributed by atoms with Gasteiger partial charge >= 0.3 is 11.9 Å². The summed E-state index contributed by atoms with van der Waals surface area (Å²) in [6, 6.07) is 0. The largest absolute Gasteiger partial charge is 0.460 e. The highest BCUT2D eigenvalue weighted by Crippen LogP contribution is 2.46. The number of rotatable bonds is 18. The molecule has 8 rings (SSSR count). The molecule has 0 aromatic heterocycles. The highest BCUT2D eigenvalue weighted by Gasteiger charge is 2.56. The van der Waals surface area contributed by atoms with Crippen molar-refractivity contribution in [2.75, 3.05) is 34.0 Å². The van der Waals surface area contributed by atoms with Crippen molar-refractivity contribution in [3.05, 3.63) is 24.3 Å². The number of fused-ring (bicyclic) bond motifs is 1. The van der Waals surface area contributed by atoms with E-state index in [-0.39, 0.29) is 43.9 Å². The fourth-order valence-corrected chi connectivity index (χ4v) is 12.7. The Morgan fingerprint density at radius 1 is 0.463 bits per heavy atom. The molecule has 0 aromatic rings. The van der Waals surface area contributed by atoms with Crippen molar-refractivity contribution in [3.63, 3.8) is 0 Å². The summed E-state index contributed by atoms with van der Waals surface area (Å²) in [6.45, 7) is -2.06. The first kappa shape index (κ1) is 63.5. The molecule has 27 nitrogen and oxygen atoms in total. The molecular weight excluding hydrogens is 1070 g/mol. The first-order chi connectivity index (χ1) is 38.2. The first-order valence-electron chi connectivity index (χ1n) is 28.0. The maximum absolute atomic E-state index is 12.9. The van der Waals surface area contributed by atoms with Gasteiger partial charge < -0.3 is 124 Å². The summed E-state index contributed by atoms with van der Waals surface area (Å²) in [5.41, 5.74) is 0. The predicted molar refractivity (Wildman–Crippen MR) is 266 cm³/mol. The lowest BCUT2D eigenvalue weighted by atomic mass is 9.72. The standard InChI is InChI=1S/C53H84O27/c1-70-33-14-23(4-9-28(33)57)6-12-40(61)73-21-38-43(64)45(66)48(69)52(79-38)80-50-46(67)41(62)36(19-54)77-53(50)76-35-18-26-31(74-49(35)24-7-10-29(58)34(15-24)71-2)16-25(55)17-32(26)75-51-47(68)44(65)42(63)37(78-51)20-72-39(60)11-5-22-3-8-27(56)30(59)13-22/h5-6,11-12,22-38,41-59,62-69H,3-4,7-10,13-21H2,1-2H3/t22?,23?,24?,25?,26?,27?,28?,29?,30?,31?,32?,33?,34?,35?,36-,37-,38-,41-,42-,43-,44+,45+,46+,47-,48-,49?,50-,51-,52+,53-/m1/s1. The second kappa shape index (κ2) is 28.6. The van der Waals surface area contributed by atoms with Gasteiger partial charge in [-0.3, -0.25) is 0 Å². The summed E-state index contributed by atoms with van der Waals surface area (Å²) in [4.78, 5) is 25.6. The fourth-order valence-electron chi connectivity index (χ4n) is 12.7. The van der Waals surface area contributed by atoms with Crippen LogP contribution in [0.15, 0.2) is 24.3 Å². The van der Waals surface area contributed by atoms with E-state index in [1.54, 1.807) is 12.2 Å². The lowest BCUT2D eigenvalue weighted by Crippen LogP contribution is -2.66. The van der Waals surface area contributed by atoms with Crippen molar-refractivity contribution in [1.29, 1.82) is 0 Å². The van der Waals surface area contributed by atoms with Gasteiger partial charge in [0.15, 0.2) is 18.9 Å². The summed E-state index contributed by atoms with van der Waals surface area (Å²) in [6.07, 6.45) is -26.5. The summed E-state index contributed by atoms with van der Waals surface area (Å²) in [7, 11) is 2.94. The van der Waals surface area contributed by atoms with E-state index in [4.69, 9.17) is 52.1 Å². The lowest BCUT2D eigenvalue weighted by molar-refractivity contribution is -0.380. The van der Waals surface area contributed by atoms with Crippen LogP contribution < -0.4 is 0 Å². The van der Waals surface area contributed by atoms with E-state index >= 15 is 0 Å². The van der Waals surface area contributed by atoms with E-state index in [2.05, 4.69) is 0 Å². The van der Waals surface area contributed by atoms with Crippen LogP contribution in [-0.4, -0.2) is 277 Å². The third-order valence-electron chi connectivity index (χ3n) is 17.5. The number of aliphatic hydroxyl groups is 14. The molecule has 8 aliphatic rings. The van der Waals surface area contributed by atoms with Gasteiger partial charge in [0, 0.05) is 38.7 Å². The quantitative estimate of drug-likeness (QED) is 0.0452. The van der Waals surface area contributed by atoms with Crippen molar-refractivity contribution >= 4 is 11.9 Å². The van der Waals surface area contributed by atoms with Gasteiger partial charge in [0.2, 0.25) is 0 Å². The fraction of sp³-hybridized carbons (Fsp3) is 0.887. The smallest absolute Gasteiger partial charge is 0.330 e.